The number of hydrogen-bond donors (Lipinski definition) is 2. The van der Waals surface area contributed by atoms with Crippen molar-refractivity contribution in [3.05, 3.63) is 53.9 Å². The maximum absolute atomic E-state index is 4.24. The van der Waals surface area contributed by atoms with E-state index < -0.39 is 0 Å². The molecule has 0 aliphatic rings. The summed E-state index contributed by atoms with van der Waals surface area (Å²) in [6.45, 7) is 4.70. The zero-order valence-corrected chi connectivity index (χ0v) is 16.2. The second-order valence-corrected chi connectivity index (χ2v) is 5.23. The molecule has 0 atom stereocenters. The van der Waals surface area contributed by atoms with Gasteiger partial charge in [0.2, 0.25) is 0 Å². The van der Waals surface area contributed by atoms with E-state index in [1.165, 1.54) is 17.5 Å². The Morgan fingerprint density at radius 1 is 1.22 bits per heavy atom. The van der Waals surface area contributed by atoms with E-state index in [2.05, 4.69) is 51.9 Å². The number of nitrogens with one attached hydrogen (secondary N) is 2. The molecule has 0 unspecified atom stereocenters. The summed E-state index contributed by atoms with van der Waals surface area (Å²) >= 11 is 0. The van der Waals surface area contributed by atoms with Crippen LogP contribution < -0.4 is 10.6 Å². The summed E-state index contributed by atoms with van der Waals surface area (Å²) in [5, 5.41) is 10.9. The van der Waals surface area contributed by atoms with E-state index in [0.717, 1.165) is 32.0 Å². The topological polar surface area (TPSA) is 54.2 Å². The smallest absolute Gasteiger partial charge is 0.191 e. The van der Waals surface area contributed by atoms with Crippen LogP contribution in [-0.2, 0) is 13.1 Å². The lowest BCUT2D eigenvalue weighted by Gasteiger charge is -2.12. The fraction of sp³-hybridized carbons (Fsp3) is 0.412. The number of unbranched alkanes of at least 4 members (excludes halogenated alkanes) is 1. The molecule has 6 heteroatoms. The first-order valence-corrected chi connectivity index (χ1v) is 7.81. The van der Waals surface area contributed by atoms with Gasteiger partial charge in [0.1, 0.15) is 0 Å². The number of aromatic nitrogens is 2. The third-order valence-corrected chi connectivity index (χ3v) is 3.40. The summed E-state index contributed by atoms with van der Waals surface area (Å²) in [6.07, 6.45) is 6.11. The van der Waals surface area contributed by atoms with Gasteiger partial charge in [-0.05, 0) is 23.6 Å². The Kier molecular flexibility index (Phi) is 9.35. The van der Waals surface area contributed by atoms with Crippen molar-refractivity contribution in [2.24, 2.45) is 4.99 Å². The van der Waals surface area contributed by atoms with E-state index in [4.69, 9.17) is 0 Å². The normalized spacial score (nSPS) is 11.0. The van der Waals surface area contributed by atoms with Crippen molar-refractivity contribution in [2.75, 3.05) is 13.6 Å². The molecular formula is C17H26IN5. The van der Waals surface area contributed by atoms with Gasteiger partial charge in [0.15, 0.2) is 5.96 Å². The second-order valence-electron chi connectivity index (χ2n) is 5.23. The Balaban J connectivity index is 0.00000264. The number of rotatable bonds is 7. The average Bonchev–Trinajstić information content (AvgIpc) is 3.04. The molecule has 1 aromatic carbocycles. The van der Waals surface area contributed by atoms with Gasteiger partial charge in [0.05, 0.1) is 6.54 Å². The first-order chi connectivity index (χ1) is 10.8. The summed E-state index contributed by atoms with van der Waals surface area (Å²) in [5.74, 6) is 0.853. The van der Waals surface area contributed by atoms with Crippen LogP contribution in [-0.4, -0.2) is 29.3 Å². The summed E-state index contributed by atoms with van der Waals surface area (Å²) in [5.41, 5.74) is 2.49. The van der Waals surface area contributed by atoms with Crippen molar-refractivity contribution in [3.8, 4) is 0 Å². The summed E-state index contributed by atoms with van der Waals surface area (Å²) in [6, 6.07) is 10.5. The lowest BCUT2D eigenvalue weighted by molar-refractivity contribution is 0.685. The number of halogens is 1. The van der Waals surface area contributed by atoms with Crippen LogP contribution in [0, 0.1) is 0 Å². The molecular weight excluding hydrogens is 401 g/mol. The maximum atomic E-state index is 4.24. The molecule has 126 valence electrons. The van der Waals surface area contributed by atoms with Crippen LogP contribution in [0.2, 0.25) is 0 Å². The van der Waals surface area contributed by atoms with Gasteiger partial charge >= 0.3 is 0 Å². The van der Waals surface area contributed by atoms with Gasteiger partial charge in [-0.3, -0.25) is 9.67 Å². The average molecular weight is 427 g/mol. The van der Waals surface area contributed by atoms with Gasteiger partial charge in [0, 0.05) is 32.5 Å². The zero-order valence-electron chi connectivity index (χ0n) is 13.8. The molecule has 0 saturated carbocycles. The Hall–Kier alpha value is -1.57. The Morgan fingerprint density at radius 2 is 2.04 bits per heavy atom. The van der Waals surface area contributed by atoms with Crippen LogP contribution in [0.1, 0.15) is 30.9 Å². The highest BCUT2D eigenvalue weighted by Gasteiger charge is 2.00. The van der Waals surface area contributed by atoms with E-state index in [0.29, 0.717) is 0 Å². The molecule has 2 rings (SSSR count). The lowest BCUT2D eigenvalue weighted by Crippen LogP contribution is -2.37. The zero-order chi connectivity index (χ0) is 15.6. The molecule has 0 fully saturated rings. The van der Waals surface area contributed by atoms with Crippen molar-refractivity contribution in [1.82, 2.24) is 20.4 Å². The van der Waals surface area contributed by atoms with Crippen LogP contribution in [0.5, 0.6) is 0 Å². The third kappa shape index (κ3) is 7.02. The molecule has 2 N–H and O–H groups in total. The van der Waals surface area contributed by atoms with Crippen LogP contribution >= 0.6 is 24.0 Å². The number of aliphatic imine (C=N–C) groups is 1. The predicted octanol–water partition coefficient (Wildman–Crippen LogP) is 3.01. The highest BCUT2D eigenvalue weighted by Crippen LogP contribution is 2.06. The minimum absolute atomic E-state index is 0. The van der Waals surface area contributed by atoms with Gasteiger partial charge in [-0.2, -0.15) is 5.10 Å². The molecule has 1 heterocycles. The molecule has 0 amide bonds. The standard InChI is InChI=1S/C17H25N5.HI/c1-3-4-9-19-17(18-2)20-13-15-7-5-8-16(12-15)14-22-11-6-10-21-22;/h5-8,10-12H,3-4,9,13-14H2,1-2H3,(H2,18,19,20);1H. The molecule has 0 radical (unpaired) electrons. The molecule has 0 spiro atoms. The number of hydrogen-bond acceptors (Lipinski definition) is 2. The number of guanidine groups is 1. The van der Waals surface area contributed by atoms with Crippen molar-refractivity contribution >= 4 is 29.9 Å². The number of benzene rings is 1. The van der Waals surface area contributed by atoms with Gasteiger partial charge < -0.3 is 10.6 Å². The van der Waals surface area contributed by atoms with Gasteiger partial charge in [-0.25, -0.2) is 0 Å². The molecule has 5 nitrogen and oxygen atoms in total. The predicted molar refractivity (Wildman–Crippen MR) is 106 cm³/mol. The Bertz CT molecular complexity index is 580. The molecule has 2 aromatic rings. The van der Waals surface area contributed by atoms with E-state index in [1.807, 2.05) is 16.9 Å². The summed E-state index contributed by atoms with van der Waals surface area (Å²) in [7, 11) is 1.80. The van der Waals surface area contributed by atoms with Crippen LogP contribution in [0.4, 0.5) is 0 Å². The molecule has 0 saturated heterocycles. The largest absolute Gasteiger partial charge is 0.356 e. The SMILES string of the molecule is CCCCNC(=NC)NCc1cccc(Cn2cccn2)c1.I. The van der Waals surface area contributed by atoms with Gasteiger partial charge in [-0.1, -0.05) is 37.6 Å². The Labute approximate surface area is 155 Å². The molecule has 0 aliphatic carbocycles. The first-order valence-electron chi connectivity index (χ1n) is 7.81. The minimum atomic E-state index is 0. The fourth-order valence-corrected chi connectivity index (χ4v) is 2.21. The molecule has 1 aromatic heterocycles. The van der Waals surface area contributed by atoms with Crippen molar-refractivity contribution in [2.45, 2.75) is 32.9 Å². The summed E-state index contributed by atoms with van der Waals surface area (Å²) in [4.78, 5) is 4.24. The van der Waals surface area contributed by atoms with Crippen molar-refractivity contribution in [3.63, 3.8) is 0 Å². The van der Waals surface area contributed by atoms with E-state index in [1.54, 1.807) is 13.2 Å². The third-order valence-electron chi connectivity index (χ3n) is 3.40. The van der Waals surface area contributed by atoms with Gasteiger partial charge in [-0.15, -0.1) is 24.0 Å². The van der Waals surface area contributed by atoms with E-state index in [9.17, 15) is 0 Å². The monoisotopic (exact) mass is 427 g/mol. The van der Waals surface area contributed by atoms with Crippen LogP contribution in [0.15, 0.2) is 47.7 Å². The Morgan fingerprint density at radius 3 is 2.74 bits per heavy atom. The van der Waals surface area contributed by atoms with E-state index in [-0.39, 0.29) is 24.0 Å². The molecule has 0 bridgehead atoms. The number of nitrogens with zero attached hydrogens (tertiary/aromatic N) is 3. The highest BCUT2D eigenvalue weighted by molar-refractivity contribution is 14.0. The summed E-state index contributed by atoms with van der Waals surface area (Å²) < 4.78 is 1.93. The van der Waals surface area contributed by atoms with Gasteiger partial charge in [0.25, 0.3) is 0 Å². The van der Waals surface area contributed by atoms with Crippen molar-refractivity contribution in [1.29, 1.82) is 0 Å². The first kappa shape index (κ1) is 19.5. The second kappa shape index (κ2) is 11.0. The fourth-order valence-electron chi connectivity index (χ4n) is 2.21. The van der Waals surface area contributed by atoms with Crippen LogP contribution in [0.25, 0.3) is 0 Å². The lowest BCUT2D eigenvalue weighted by atomic mass is 10.1. The minimum Gasteiger partial charge on any atom is -0.356 e. The van der Waals surface area contributed by atoms with Crippen LogP contribution in [0.3, 0.4) is 0 Å². The maximum Gasteiger partial charge on any atom is 0.191 e. The molecule has 23 heavy (non-hydrogen) atoms. The van der Waals surface area contributed by atoms with E-state index >= 15 is 0 Å². The van der Waals surface area contributed by atoms with Crippen molar-refractivity contribution < 1.29 is 0 Å². The highest BCUT2D eigenvalue weighted by atomic mass is 127. The quantitative estimate of drug-likeness (QED) is 0.309. The molecule has 0 aliphatic heterocycles.